The topological polar surface area (TPSA) is 49.8 Å². The summed E-state index contributed by atoms with van der Waals surface area (Å²) < 4.78 is 5.36. The summed E-state index contributed by atoms with van der Waals surface area (Å²) in [5.74, 6) is 0. The first-order valence-electron chi connectivity index (χ1n) is 7.81. The number of aliphatic hydroxyl groups is 1. The van der Waals surface area contributed by atoms with Crippen molar-refractivity contribution in [3.8, 4) is 0 Å². The molecule has 0 bridgehead atoms. The standard InChI is InChI=1S/C15H21NO3.C2H6/c1-4-7-11-8-5-6-9-12(11)13-14(17)16(10(2)3)15(18)19-13;1-2/h5-6,8-10,13-14,17H,4,7H2,1-3H3;1-2H3. The highest BCUT2D eigenvalue weighted by Crippen LogP contribution is 2.34. The van der Waals surface area contributed by atoms with Crippen molar-refractivity contribution >= 4 is 6.09 Å². The smallest absolute Gasteiger partial charge is 0.412 e. The zero-order valence-electron chi connectivity index (χ0n) is 13.7. The number of rotatable bonds is 4. The van der Waals surface area contributed by atoms with Gasteiger partial charge in [0, 0.05) is 11.6 Å². The van der Waals surface area contributed by atoms with Crippen LogP contribution < -0.4 is 0 Å². The van der Waals surface area contributed by atoms with Crippen LogP contribution in [0.3, 0.4) is 0 Å². The third-order valence-electron chi connectivity index (χ3n) is 3.43. The molecule has 1 fully saturated rings. The molecular formula is C17H27NO3. The van der Waals surface area contributed by atoms with E-state index < -0.39 is 18.4 Å². The van der Waals surface area contributed by atoms with Crippen LogP contribution in [0.1, 0.15) is 58.3 Å². The molecule has 2 rings (SSSR count). The van der Waals surface area contributed by atoms with Crippen LogP contribution in [-0.4, -0.2) is 28.4 Å². The van der Waals surface area contributed by atoms with Gasteiger partial charge in [-0.2, -0.15) is 0 Å². The highest BCUT2D eigenvalue weighted by atomic mass is 16.6. The third kappa shape index (κ3) is 3.76. The van der Waals surface area contributed by atoms with Crippen LogP contribution in [0, 0.1) is 0 Å². The summed E-state index contributed by atoms with van der Waals surface area (Å²) >= 11 is 0. The van der Waals surface area contributed by atoms with E-state index in [1.807, 2.05) is 52.0 Å². The summed E-state index contributed by atoms with van der Waals surface area (Å²) in [4.78, 5) is 13.2. The van der Waals surface area contributed by atoms with Crippen LogP contribution in [0.15, 0.2) is 24.3 Å². The Kier molecular flexibility index (Phi) is 6.69. The van der Waals surface area contributed by atoms with E-state index in [2.05, 4.69) is 6.92 Å². The summed E-state index contributed by atoms with van der Waals surface area (Å²) in [5.41, 5.74) is 2.04. The normalized spacial score (nSPS) is 21.1. The van der Waals surface area contributed by atoms with Gasteiger partial charge in [0.25, 0.3) is 0 Å². The average Bonchev–Trinajstić information content (AvgIpc) is 2.77. The van der Waals surface area contributed by atoms with Gasteiger partial charge in [-0.15, -0.1) is 0 Å². The maximum atomic E-state index is 11.8. The second-order valence-corrected chi connectivity index (χ2v) is 5.17. The van der Waals surface area contributed by atoms with Gasteiger partial charge in [-0.25, -0.2) is 4.79 Å². The summed E-state index contributed by atoms with van der Waals surface area (Å²) in [7, 11) is 0. The van der Waals surface area contributed by atoms with Crippen LogP contribution in [0.2, 0.25) is 0 Å². The van der Waals surface area contributed by atoms with E-state index in [9.17, 15) is 9.90 Å². The van der Waals surface area contributed by atoms with Crippen LogP contribution >= 0.6 is 0 Å². The summed E-state index contributed by atoms with van der Waals surface area (Å²) in [6, 6.07) is 7.75. The van der Waals surface area contributed by atoms with Crippen molar-refractivity contribution in [2.45, 2.75) is 65.8 Å². The van der Waals surface area contributed by atoms with Gasteiger partial charge >= 0.3 is 6.09 Å². The van der Waals surface area contributed by atoms with Crippen LogP contribution in [0.5, 0.6) is 0 Å². The maximum absolute atomic E-state index is 11.8. The van der Waals surface area contributed by atoms with E-state index in [4.69, 9.17) is 4.74 Å². The van der Waals surface area contributed by atoms with Crippen molar-refractivity contribution in [3.05, 3.63) is 35.4 Å². The number of hydrogen-bond donors (Lipinski definition) is 1. The third-order valence-corrected chi connectivity index (χ3v) is 3.43. The Balaban J connectivity index is 0.00000106. The highest BCUT2D eigenvalue weighted by Gasteiger charge is 2.43. The number of hydrogen-bond acceptors (Lipinski definition) is 3. The van der Waals surface area contributed by atoms with Crippen molar-refractivity contribution in [2.24, 2.45) is 0 Å². The molecule has 1 saturated heterocycles. The Morgan fingerprint density at radius 1 is 1.29 bits per heavy atom. The Morgan fingerprint density at radius 3 is 2.43 bits per heavy atom. The van der Waals surface area contributed by atoms with Crippen molar-refractivity contribution in [1.29, 1.82) is 0 Å². The Labute approximate surface area is 127 Å². The maximum Gasteiger partial charge on any atom is 0.412 e. The predicted molar refractivity (Wildman–Crippen MR) is 84.0 cm³/mol. The first-order valence-corrected chi connectivity index (χ1v) is 7.81. The Morgan fingerprint density at radius 2 is 1.90 bits per heavy atom. The monoisotopic (exact) mass is 293 g/mol. The van der Waals surface area contributed by atoms with E-state index >= 15 is 0 Å². The molecule has 2 atom stereocenters. The minimum Gasteiger partial charge on any atom is -0.436 e. The number of ether oxygens (including phenoxy) is 1. The largest absolute Gasteiger partial charge is 0.436 e. The molecule has 0 aromatic heterocycles. The lowest BCUT2D eigenvalue weighted by Gasteiger charge is -2.23. The molecule has 1 amide bonds. The van der Waals surface area contributed by atoms with Crippen LogP contribution in [0.25, 0.3) is 0 Å². The van der Waals surface area contributed by atoms with Gasteiger partial charge in [0.05, 0.1) is 0 Å². The predicted octanol–water partition coefficient (Wildman–Crippen LogP) is 3.89. The van der Waals surface area contributed by atoms with Gasteiger partial charge in [0.2, 0.25) is 0 Å². The number of amides is 1. The van der Waals surface area contributed by atoms with Crippen molar-refractivity contribution < 1.29 is 14.6 Å². The second-order valence-electron chi connectivity index (χ2n) is 5.17. The molecule has 1 heterocycles. The molecule has 0 spiro atoms. The lowest BCUT2D eigenvalue weighted by molar-refractivity contribution is 0.00265. The molecule has 1 aromatic carbocycles. The van der Waals surface area contributed by atoms with E-state index in [0.717, 1.165) is 24.0 Å². The molecular weight excluding hydrogens is 266 g/mol. The van der Waals surface area contributed by atoms with Gasteiger partial charge in [-0.3, -0.25) is 4.90 Å². The molecule has 4 nitrogen and oxygen atoms in total. The molecule has 1 N–H and O–H groups in total. The molecule has 4 heteroatoms. The zero-order chi connectivity index (χ0) is 16.0. The highest BCUT2D eigenvalue weighted by molar-refractivity contribution is 5.71. The zero-order valence-corrected chi connectivity index (χ0v) is 13.7. The number of nitrogens with zero attached hydrogens (tertiary/aromatic N) is 1. The minimum absolute atomic E-state index is 0.0779. The number of cyclic esters (lactones) is 1. The molecule has 0 aliphatic carbocycles. The Hall–Kier alpha value is -1.55. The van der Waals surface area contributed by atoms with Crippen molar-refractivity contribution in [1.82, 2.24) is 4.90 Å². The number of benzene rings is 1. The fraction of sp³-hybridized carbons (Fsp3) is 0.588. The fourth-order valence-electron chi connectivity index (χ4n) is 2.53. The lowest BCUT2D eigenvalue weighted by atomic mass is 9.98. The van der Waals surface area contributed by atoms with Gasteiger partial charge in [-0.1, -0.05) is 51.5 Å². The molecule has 1 aliphatic rings. The number of aryl methyl sites for hydroxylation is 1. The average molecular weight is 293 g/mol. The Bertz CT molecular complexity index is 459. The molecule has 0 radical (unpaired) electrons. The number of carbonyl (C=O) groups excluding carboxylic acids is 1. The van der Waals surface area contributed by atoms with Crippen molar-refractivity contribution in [3.63, 3.8) is 0 Å². The first-order chi connectivity index (χ1) is 10.1. The summed E-state index contributed by atoms with van der Waals surface area (Å²) in [6.07, 6.45) is -0.0118. The quantitative estimate of drug-likeness (QED) is 0.916. The van der Waals surface area contributed by atoms with Gasteiger partial charge < -0.3 is 9.84 Å². The minimum atomic E-state index is -0.912. The van der Waals surface area contributed by atoms with Gasteiger partial charge in [0.1, 0.15) is 0 Å². The van der Waals surface area contributed by atoms with E-state index in [-0.39, 0.29) is 6.04 Å². The van der Waals surface area contributed by atoms with E-state index in [0.29, 0.717) is 0 Å². The van der Waals surface area contributed by atoms with Gasteiger partial charge in [-0.05, 0) is 25.8 Å². The van der Waals surface area contributed by atoms with Crippen LogP contribution in [-0.2, 0) is 11.2 Å². The lowest BCUT2D eigenvalue weighted by Crippen LogP contribution is -2.39. The molecule has 2 unspecified atom stereocenters. The molecule has 0 saturated carbocycles. The molecule has 1 aliphatic heterocycles. The van der Waals surface area contributed by atoms with E-state index in [1.165, 1.54) is 4.90 Å². The van der Waals surface area contributed by atoms with Gasteiger partial charge in [0.15, 0.2) is 12.3 Å². The second kappa shape index (κ2) is 8.03. The number of carbonyl (C=O) groups is 1. The first kappa shape index (κ1) is 17.5. The summed E-state index contributed by atoms with van der Waals surface area (Å²) in [6.45, 7) is 9.84. The molecule has 21 heavy (non-hydrogen) atoms. The molecule has 1 aromatic rings. The van der Waals surface area contributed by atoms with Crippen LogP contribution in [0.4, 0.5) is 4.79 Å². The SMILES string of the molecule is CC.CCCc1ccccc1C1OC(=O)N(C(C)C)C1O. The van der Waals surface area contributed by atoms with Crippen molar-refractivity contribution in [2.75, 3.05) is 0 Å². The van der Waals surface area contributed by atoms with E-state index in [1.54, 1.807) is 0 Å². The fourth-order valence-corrected chi connectivity index (χ4v) is 2.53. The molecule has 118 valence electrons. The summed E-state index contributed by atoms with van der Waals surface area (Å²) in [5, 5.41) is 10.3. The number of aliphatic hydroxyl groups excluding tert-OH is 1.